The standard InChI is InChI=1S/C29H34N4O3/c1-35-27-14-22-13-25(32-24(22)15-28(27)36-18-19-7-3-2-4-8-19)29(34)33-23-10-6-5-9-21(23)17-31-26(16-30)20-11-12-20/h2-4,7-8,13-15,20-21,23,26,31-32H,5-6,9-12,17-18H2,1H3,(H,33,34)/t21-,23+,26?/m1/s1. The first-order valence-corrected chi connectivity index (χ1v) is 13.0. The Morgan fingerprint density at radius 2 is 1.92 bits per heavy atom. The minimum atomic E-state index is -0.104. The van der Waals surface area contributed by atoms with Crippen LogP contribution in [0.15, 0.2) is 48.5 Å². The Kier molecular flexibility index (Phi) is 7.43. The van der Waals surface area contributed by atoms with Gasteiger partial charge in [-0.05, 0) is 55.2 Å². The number of aromatic amines is 1. The fraction of sp³-hybridized carbons (Fsp3) is 0.448. The number of nitriles is 1. The van der Waals surface area contributed by atoms with Gasteiger partial charge in [0.2, 0.25) is 0 Å². The molecule has 0 radical (unpaired) electrons. The molecular formula is C29H34N4O3. The molecule has 1 amide bonds. The van der Waals surface area contributed by atoms with Crippen LogP contribution in [0.3, 0.4) is 0 Å². The van der Waals surface area contributed by atoms with Crippen LogP contribution in [0.2, 0.25) is 0 Å². The Morgan fingerprint density at radius 1 is 1.11 bits per heavy atom. The maximum absolute atomic E-state index is 13.2. The van der Waals surface area contributed by atoms with Crippen LogP contribution in [0.1, 0.15) is 54.6 Å². The molecule has 5 rings (SSSR count). The smallest absolute Gasteiger partial charge is 0.267 e. The van der Waals surface area contributed by atoms with E-state index in [1.54, 1.807) is 7.11 Å². The monoisotopic (exact) mass is 486 g/mol. The lowest BCUT2D eigenvalue weighted by Crippen LogP contribution is -2.47. The summed E-state index contributed by atoms with van der Waals surface area (Å²) in [7, 11) is 1.62. The number of amides is 1. The second-order valence-electron chi connectivity index (χ2n) is 10.0. The van der Waals surface area contributed by atoms with Crippen LogP contribution in [0.4, 0.5) is 0 Å². The Hall–Kier alpha value is -3.50. The molecule has 36 heavy (non-hydrogen) atoms. The van der Waals surface area contributed by atoms with Gasteiger partial charge in [0.25, 0.3) is 5.91 Å². The normalized spacial score (nSPS) is 20.4. The molecule has 1 aromatic heterocycles. The largest absolute Gasteiger partial charge is 0.493 e. The number of hydrogen-bond acceptors (Lipinski definition) is 5. The molecule has 3 aromatic rings. The van der Waals surface area contributed by atoms with Crippen molar-refractivity contribution in [2.75, 3.05) is 13.7 Å². The van der Waals surface area contributed by atoms with E-state index in [1.807, 2.05) is 48.5 Å². The molecule has 1 heterocycles. The van der Waals surface area contributed by atoms with E-state index in [1.165, 1.54) is 0 Å². The topological polar surface area (TPSA) is 99.2 Å². The van der Waals surface area contributed by atoms with E-state index < -0.39 is 0 Å². The van der Waals surface area contributed by atoms with Crippen LogP contribution >= 0.6 is 0 Å². The van der Waals surface area contributed by atoms with Gasteiger partial charge in [-0.1, -0.05) is 43.2 Å². The fourth-order valence-electron chi connectivity index (χ4n) is 5.18. The second kappa shape index (κ2) is 11.0. The van der Waals surface area contributed by atoms with E-state index in [9.17, 15) is 10.1 Å². The van der Waals surface area contributed by atoms with Gasteiger partial charge in [-0.15, -0.1) is 0 Å². The second-order valence-corrected chi connectivity index (χ2v) is 10.0. The quantitative estimate of drug-likeness (QED) is 0.377. The van der Waals surface area contributed by atoms with Crippen LogP contribution in [0.5, 0.6) is 11.5 Å². The lowest BCUT2D eigenvalue weighted by Gasteiger charge is -2.33. The highest BCUT2D eigenvalue weighted by molar-refractivity contribution is 5.98. The number of carbonyl (C=O) groups is 1. The number of aromatic nitrogens is 1. The highest BCUT2D eigenvalue weighted by atomic mass is 16.5. The third-order valence-corrected chi connectivity index (χ3v) is 7.44. The molecule has 188 valence electrons. The number of ether oxygens (including phenoxy) is 2. The van der Waals surface area contributed by atoms with E-state index in [2.05, 4.69) is 21.7 Å². The number of nitrogens with one attached hydrogen (secondary N) is 3. The molecule has 7 heteroatoms. The first kappa shape index (κ1) is 24.2. The van der Waals surface area contributed by atoms with Crippen LogP contribution in [-0.2, 0) is 6.61 Å². The van der Waals surface area contributed by atoms with Crippen molar-refractivity contribution >= 4 is 16.8 Å². The molecule has 7 nitrogen and oxygen atoms in total. The van der Waals surface area contributed by atoms with Crippen LogP contribution in [-0.4, -0.2) is 36.6 Å². The van der Waals surface area contributed by atoms with Gasteiger partial charge in [-0.25, -0.2) is 0 Å². The van der Waals surface area contributed by atoms with Crippen molar-refractivity contribution in [2.24, 2.45) is 11.8 Å². The average molecular weight is 487 g/mol. The van der Waals surface area contributed by atoms with Crippen molar-refractivity contribution in [1.82, 2.24) is 15.6 Å². The maximum atomic E-state index is 13.2. The molecule has 3 atom stereocenters. The van der Waals surface area contributed by atoms with E-state index in [-0.39, 0.29) is 18.0 Å². The molecule has 2 saturated carbocycles. The highest BCUT2D eigenvalue weighted by Gasteiger charge is 2.33. The minimum absolute atomic E-state index is 0.0646. The van der Waals surface area contributed by atoms with Crippen molar-refractivity contribution in [3.05, 3.63) is 59.8 Å². The van der Waals surface area contributed by atoms with Gasteiger partial charge in [0.05, 0.1) is 19.2 Å². The van der Waals surface area contributed by atoms with Gasteiger partial charge in [0.15, 0.2) is 11.5 Å². The molecule has 1 unspecified atom stereocenters. The Bertz CT molecular complexity index is 1230. The van der Waals surface area contributed by atoms with Gasteiger partial charge < -0.3 is 25.1 Å². The number of benzene rings is 2. The van der Waals surface area contributed by atoms with Crippen molar-refractivity contribution < 1.29 is 14.3 Å². The molecule has 2 aliphatic carbocycles. The molecule has 2 aliphatic rings. The van der Waals surface area contributed by atoms with Crippen LogP contribution in [0, 0.1) is 23.2 Å². The van der Waals surface area contributed by atoms with Gasteiger partial charge >= 0.3 is 0 Å². The number of carbonyl (C=O) groups excluding carboxylic acids is 1. The summed E-state index contributed by atoms with van der Waals surface area (Å²) in [5, 5.41) is 17.1. The minimum Gasteiger partial charge on any atom is -0.493 e. The van der Waals surface area contributed by atoms with Crippen molar-refractivity contribution in [1.29, 1.82) is 5.26 Å². The van der Waals surface area contributed by atoms with Crippen molar-refractivity contribution in [3.8, 4) is 17.6 Å². The number of nitrogens with zero attached hydrogens (tertiary/aromatic N) is 1. The van der Waals surface area contributed by atoms with E-state index in [0.29, 0.717) is 35.6 Å². The molecule has 0 spiro atoms. The summed E-state index contributed by atoms with van der Waals surface area (Å²) >= 11 is 0. The molecular weight excluding hydrogens is 452 g/mol. The Balaban J connectivity index is 1.26. The third kappa shape index (κ3) is 5.66. The molecule has 2 fully saturated rings. The lowest BCUT2D eigenvalue weighted by atomic mass is 9.84. The third-order valence-electron chi connectivity index (χ3n) is 7.44. The van der Waals surface area contributed by atoms with Crippen LogP contribution < -0.4 is 20.1 Å². The van der Waals surface area contributed by atoms with Gasteiger partial charge in [0, 0.05) is 29.6 Å². The first-order valence-electron chi connectivity index (χ1n) is 13.0. The zero-order chi connectivity index (χ0) is 24.9. The average Bonchev–Trinajstić information content (AvgIpc) is 3.66. The number of methoxy groups -OCH3 is 1. The summed E-state index contributed by atoms with van der Waals surface area (Å²) < 4.78 is 11.6. The zero-order valence-electron chi connectivity index (χ0n) is 20.8. The number of H-pyrrole nitrogens is 1. The van der Waals surface area contributed by atoms with E-state index >= 15 is 0 Å². The zero-order valence-corrected chi connectivity index (χ0v) is 20.8. The van der Waals surface area contributed by atoms with Crippen molar-refractivity contribution in [2.45, 2.75) is 57.2 Å². The summed E-state index contributed by atoms with van der Waals surface area (Å²) in [6.07, 6.45) is 6.58. The SMILES string of the molecule is COc1cc2cc(C(=O)N[C@H]3CCCC[C@@H]3CNC(C#N)C3CC3)[nH]c2cc1OCc1ccccc1. The van der Waals surface area contributed by atoms with E-state index in [4.69, 9.17) is 9.47 Å². The summed E-state index contributed by atoms with van der Waals surface area (Å²) in [4.78, 5) is 16.5. The highest BCUT2D eigenvalue weighted by Crippen LogP contribution is 2.34. The summed E-state index contributed by atoms with van der Waals surface area (Å²) in [6, 6.07) is 18.1. The number of rotatable bonds is 10. The molecule has 0 saturated heterocycles. The molecule has 0 aliphatic heterocycles. The lowest BCUT2D eigenvalue weighted by molar-refractivity contribution is 0.0900. The fourth-order valence-corrected chi connectivity index (χ4v) is 5.18. The van der Waals surface area contributed by atoms with Gasteiger partial charge in [0.1, 0.15) is 12.3 Å². The predicted octanol–water partition coefficient (Wildman–Crippen LogP) is 4.94. The summed E-state index contributed by atoms with van der Waals surface area (Å²) in [5.74, 6) is 1.98. The molecule has 3 N–H and O–H groups in total. The summed E-state index contributed by atoms with van der Waals surface area (Å²) in [6.45, 7) is 1.20. The molecule has 0 bridgehead atoms. The summed E-state index contributed by atoms with van der Waals surface area (Å²) in [5.41, 5.74) is 2.42. The maximum Gasteiger partial charge on any atom is 0.267 e. The van der Waals surface area contributed by atoms with E-state index in [0.717, 1.165) is 61.5 Å². The van der Waals surface area contributed by atoms with Crippen LogP contribution in [0.25, 0.3) is 10.9 Å². The van der Waals surface area contributed by atoms with Gasteiger partial charge in [-0.3, -0.25) is 4.79 Å². The number of hydrogen-bond donors (Lipinski definition) is 3. The first-order chi connectivity index (χ1) is 17.6. The Labute approximate surface area is 212 Å². The predicted molar refractivity (Wildman–Crippen MR) is 139 cm³/mol. The van der Waals surface area contributed by atoms with Crippen molar-refractivity contribution in [3.63, 3.8) is 0 Å². The van der Waals surface area contributed by atoms with Gasteiger partial charge in [-0.2, -0.15) is 5.26 Å². The Morgan fingerprint density at radius 3 is 2.67 bits per heavy atom. The number of fused-ring (bicyclic) bond motifs is 1. The molecule has 2 aromatic carbocycles.